The molecule has 0 aromatic heterocycles. The van der Waals surface area contributed by atoms with E-state index in [1.54, 1.807) is 14.0 Å². The minimum absolute atomic E-state index is 0.230. The Hall–Kier alpha value is -2.04. The summed E-state index contributed by atoms with van der Waals surface area (Å²) in [5.74, 6) is -1.30. The maximum absolute atomic E-state index is 11.9. The molecule has 5 nitrogen and oxygen atoms in total. The fourth-order valence-corrected chi connectivity index (χ4v) is 1.69. The number of nitrogens with one attached hydrogen (secondary N) is 1. The van der Waals surface area contributed by atoms with E-state index in [1.165, 1.54) is 4.90 Å². The second kappa shape index (κ2) is 6.78. The van der Waals surface area contributed by atoms with E-state index < -0.39 is 11.9 Å². The lowest BCUT2D eigenvalue weighted by Gasteiger charge is -2.20. The van der Waals surface area contributed by atoms with Gasteiger partial charge < -0.3 is 10.4 Å². The zero-order chi connectivity index (χ0) is 14.4. The number of rotatable bonds is 5. The second-order valence-corrected chi connectivity index (χ2v) is 4.61. The molecule has 0 saturated carbocycles. The number of carboxylic acids is 1. The molecule has 1 aromatic carbocycles. The van der Waals surface area contributed by atoms with Gasteiger partial charge in [-0.2, -0.15) is 0 Å². The van der Waals surface area contributed by atoms with E-state index in [4.69, 9.17) is 5.11 Å². The van der Waals surface area contributed by atoms with Gasteiger partial charge in [0, 0.05) is 19.3 Å². The van der Waals surface area contributed by atoms with Crippen LogP contribution in [-0.2, 0) is 4.79 Å². The van der Waals surface area contributed by atoms with E-state index in [2.05, 4.69) is 5.32 Å². The molecule has 0 fully saturated rings. The smallest absolute Gasteiger partial charge is 0.321 e. The maximum Gasteiger partial charge on any atom is 0.321 e. The fraction of sp³-hybridized carbons (Fsp3) is 0.429. The highest BCUT2D eigenvalue weighted by Gasteiger charge is 2.14. The molecule has 1 aromatic rings. The van der Waals surface area contributed by atoms with Gasteiger partial charge in [-0.05, 0) is 25.0 Å². The highest BCUT2D eigenvalue weighted by Crippen LogP contribution is 2.17. The van der Waals surface area contributed by atoms with E-state index in [9.17, 15) is 9.59 Å². The summed E-state index contributed by atoms with van der Waals surface area (Å²) in [6.45, 7) is 3.91. The molecule has 0 saturated heterocycles. The van der Waals surface area contributed by atoms with Crippen molar-refractivity contribution in [2.75, 3.05) is 18.5 Å². The summed E-state index contributed by atoms with van der Waals surface area (Å²) in [6, 6.07) is 7.37. The molecule has 0 heterocycles. The van der Waals surface area contributed by atoms with Gasteiger partial charge in [-0.3, -0.25) is 9.69 Å². The summed E-state index contributed by atoms with van der Waals surface area (Å²) >= 11 is 0. The lowest BCUT2D eigenvalue weighted by Crippen LogP contribution is -2.38. The van der Waals surface area contributed by atoms with E-state index in [-0.39, 0.29) is 6.03 Å². The van der Waals surface area contributed by atoms with Crippen molar-refractivity contribution in [1.29, 1.82) is 0 Å². The van der Waals surface area contributed by atoms with E-state index in [0.29, 0.717) is 13.0 Å². The Kier molecular flexibility index (Phi) is 5.36. The lowest BCUT2D eigenvalue weighted by molar-refractivity contribution is -0.141. The van der Waals surface area contributed by atoms with Gasteiger partial charge >= 0.3 is 12.0 Å². The number of hydrogen-bond acceptors (Lipinski definition) is 2. The maximum atomic E-state index is 11.9. The van der Waals surface area contributed by atoms with Crippen molar-refractivity contribution in [3.05, 3.63) is 29.8 Å². The number of carbonyl (C=O) groups excluding carboxylic acids is 1. The number of hydrogen-bond donors (Lipinski definition) is 2. The molecule has 1 atom stereocenters. The standard InChI is InChI=1S/C14H20N2O3/c1-10-6-4-5-7-12(10)16(3)14(19)15-9-8-11(2)13(17)18/h4-7,11H,8-9H2,1-3H3,(H,15,19)(H,17,18). The van der Waals surface area contributed by atoms with Gasteiger partial charge in [-0.1, -0.05) is 25.1 Å². The quantitative estimate of drug-likeness (QED) is 0.857. The number of urea groups is 1. The Morgan fingerprint density at radius 1 is 1.37 bits per heavy atom. The zero-order valence-corrected chi connectivity index (χ0v) is 11.5. The van der Waals surface area contributed by atoms with Gasteiger partial charge in [0.2, 0.25) is 0 Å². The molecule has 0 bridgehead atoms. The average Bonchev–Trinajstić information content (AvgIpc) is 2.38. The fourth-order valence-electron chi connectivity index (χ4n) is 1.69. The Balaban J connectivity index is 2.50. The molecule has 0 aliphatic heterocycles. The molecule has 0 aliphatic rings. The summed E-state index contributed by atoms with van der Waals surface area (Å²) in [4.78, 5) is 24.1. The van der Waals surface area contributed by atoms with Crippen LogP contribution in [-0.4, -0.2) is 30.7 Å². The largest absolute Gasteiger partial charge is 0.481 e. The summed E-state index contributed by atoms with van der Waals surface area (Å²) in [5, 5.41) is 11.5. The summed E-state index contributed by atoms with van der Waals surface area (Å²) in [6.07, 6.45) is 0.419. The average molecular weight is 264 g/mol. The molecule has 19 heavy (non-hydrogen) atoms. The van der Waals surface area contributed by atoms with Crippen molar-refractivity contribution in [2.24, 2.45) is 5.92 Å². The van der Waals surface area contributed by atoms with Gasteiger partial charge in [0.1, 0.15) is 0 Å². The van der Waals surface area contributed by atoms with Crippen LogP contribution in [0.5, 0.6) is 0 Å². The highest BCUT2D eigenvalue weighted by molar-refractivity contribution is 5.92. The highest BCUT2D eigenvalue weighted by atomic mass is 16.4. The van der Waals surface area contributed by atoms with E-state index in [1.807, 2.05) is 31.2 Å². The van der Waals surface area contributed by atoms with Crippen molar-refractivity contribution in [3.8, 4) is 0 Å². The second-order valence-electron chi connectivity index (χ2n) is 4.61. The number of nitrogens with zero attached hydrogens (tertiary/aromatic N) is 1. The van der Waals surface area contributed by atoms with Crippen molar-refractivity contribution in [2.45, 2.75) is 20.3 Å². The van der Waals surface area contributed by atoms with Gasteiger partial charge in [-0.15, -0.1) is 0 Å². The Morgan fingerprint density at radius 2 is 2.00 bits per heavy atom. The molecule has 5 heteroatoms. The SMILES string of the molecule is Cc1ccccc1N(C)C(=O)NCCC(C)C(=O)O. The van der Waals surface area contributed by atoms with Gasteiger partial charge in [0.05, 0.1) is 5.92 Å². The summed E-state index contributed by atoms with van der Waals surface area (Å²) < 4.78 is 0. The molecule has 104 valence electrons. The van der Waals surface area contributed by atoms with Crippen LogP contribution in [0.2, 0.25) is 0 Å². The lowest BCUT2D eigenvalue weighted by atomic mass is 10.1. The van der Waals surface area contributed by atoms with Gasteiger partial charge in [0.25, 0.3) is 0 Å². The third kappa shape index (κ3) is 4.28. The third-order valence-electron chi connectivity index (χ3n) is 3.06. The Bertz CT molecular complexity index is 460. The molecule has 0 radical (unpaired) electrons. The third-order valence-corrected chi connectivity index (χ3v) is 3.06. The molecule has 1 unspecified atom stereocenters. The molecule has 0 aliphatic carbocycles. The van der Waals surface area contributed by atoms with E-state index >= 15 is 0 Å². The predicted molar refractivity (Wildman–Crippen MR) is 74.4 cm³/mol. The predicted octanol–water partition coefficient (Wildman–Crippen LogP) is 2.25. The van der Waals surface area contributed by atoms with Crippen molar-refractivity contribution < 1.29 is 14.7 Å². The Labute approximate surface area is 113 Å². The molecule has 2 N–H and O–H groups in total. The number of aryl methyl sites for hydroxylation is 1. The molecular formula is C14H20N2O3. The number of carboxylic acid groups (broad SMARTS) is 1. The molecule has 2 amide bonds. The first-order chi connectivity index (χ1) is 8.93. The van der Waals surface area contributed by atoms with Crippen LogP contribution < -0.4 is 10.2 Å². The van der Waals surface area contributed by atoms with Crippen molar-refractivity contribution in [3.63, 3.8) is 0 Å². The van der Waals surface area contributed by atoms with Crippen LogP contribution in [0.15, 0.2) is 24.3 Å². The number of benzene rings is 1. The number of amides is 2. The van der Waals surface area contributed by atoms with E-state index in [0.717, 1.165) is 11.3 Å². The van der Waals surface area contributed by atoms with Crippen LogP contribution in [0.1, 0.15) is 18.9 Å². The first kappa shape index (κ1) is 15.0. The first-order valence-electron chi connectivity index (χ1n) is 6.23. The zero-order valence-electron chi connectivity index (χ0n) is 11.5. The molecule has 0 spiro atoms. The molecule has 1 rings (SSSR count). The minimum atomic E-state index is -0.846. The minimum Gasteiger partial charge on any atom is -0.481 e. The molecular weight excluding hydrogens is 244 g/mol. The van der Waals surface area contributed by atoms with Gasteiger partial charge in [-0.25, -0.2) is 4.79 Å². The monoisotopic (exact) mass is 264 g/mol. The van der Waals surface area contributed by atoms with Crippen molar-refractivity contribution in [1.82, 2.24) is 5.32 Å². The Morgan fingerprint density at radius 3 is 2.58 bits per heavy atom. The van der Waals surface area contributed by atoms with Crippen LogP contribution in [0.25, 0.3) is 0 Å². The number of anilines is 1. The number of aliphatic carboxylic acids is 1. The summed E-state index contributed by atoms with van der Waals surface area (Å²) in [7, 11) is 1.69. The number of para-hydroxylation sites is 1. The topological polar surface area (TPSA) is 69.6 Å². The number of carbonyl (C=O) groups is 2. The van der Waals surface area contributed by atoms with Gasteiger partial charge in [0.15, 0.2) is 0 Å². The van der Waals surface area contributed by atoms with Crippen LogP contribution in [0.3, 0.4) is 0 Å². The normalized spacial score (nSPS) is 11.7. The van der Waals surface area contributed by atoms with Crippen molar-refractivity contribution >= 4 is 17.7 Å². The van der Waals surface area contributed by atoms with Crippen LogP contribution in [0, 0.1) is 12.8 Å². The van der Waals surface area contributed by atoms with Crippen LogP contribution in [0.4, 0.5) is 10.5 Å². The van der Waals surface area contributed by atoms with Crippen LogP contribution >= 0.6 is 0 Å². The summed E-state index contributed by atoms with van der Waals surface area (Å²) in [5.41, 5.74) is 1.85. The first-order valence-corrected chi connectivity index (χ1v) is 6.23.